The fraction of sp³-hybridized carbons (Fsp3) is 0.167. The first-order valence-corrected chi connectivity index (χ1v) is 2.88. The van der Waals surface area contributed by atoms with Crippen LogP contribution in [0.2, 0.25) is 0 Å². The minimum Gasteiger partial charge on any atom is -0.432 e. The Morgan fingerprint density at radius 1 is 1.78 bits per heavy atom. The van der Waals surface area contributed by atoms with Gasteiger partial charge in [0.25, 0.3) is 0 Å². The van der Waals surface area contributed by atoms with Crippen LogP contribution in [0.5, 0.6) is 0 Å². The molecule has 0 aromatic heterocycles. The Labute approximate surface area is 58.8 Å². The number of esters is 1. The Hall–Kier alpha value is -0.760. The second-order valence-corrected chi connectivity index (χ2v) is 1.48. The van der Waals surface area contributed by atoms with E-state index in [1.807, 2.05) is 0 Å². The van der Waals surface area contributed by atoms with Gasteiger partial charge >= 0.3 is 5.97 Å². The van der Waals surface area contributed by atoms with Crippen LogP contribution in [-0.4, -0.2) is 11.8 Å². The molecule has 0 aromatic rings. The summed E-state index contributed by atoms with van der Waals surface area (Å²) in [6.07, 6.45) is 3.83. The summed E-state index contributed by atoms with van der Waals surface area (Å²) in [7, 11) is 0. The SMILES string of the molecule is C=CC(=O)O/C=C/CCl. The smallest absolute Gasteiger partial charge is 0.334 e. The second-order valence-electron chi connectivity index (χ2n) is 1.17. The lowest BCUT2D eigenvalue weighted by Crippen LogP contribution is -1.91. The monoisotopic (exact) mass is 146 g/mol. The highest BCUT2D eigenvalue weighted by Crippen LogP contribution is 1.82. The average molecular weight is 147 g/mol. The summed E-state index contributed by atoms with van der Waals surface area (Å²) in [4.78, 5) is 10.3. The molecule has 0 heterocycles. The quantitative estimate of drug-likeness (QED) is 0.261. The van der Waals surface area contributed by atoms with E-state index in [9.17, 15) is 4.79 Å². The van der Waals surface area contributed by atoms with Crippen LogP contribution in [-0.2, 0) is 9.53 Å². The molecule has 0 fully saturated rings. The van der Waals surface area contributed by atoms with E-state index in [0.717, 1.165) is 6.08 Å². The zero-order valence-corrected chi connectivity index (χ0v) is 5.60. The summed E-state index contributed by atoms with van der Waals surface area (Å²) in [5, 5.41) is 0. The lowest BCUT2D eigenvalue weighted by Gasteiger charge is -1.87. The van der Waals surface area contributed by atoms with Crippen molar-refractivity contribution in [2.24, 2.45) is 0 Å². The van der Waals surface area contributed by atoms with E-state index in [2.05, 4.69) is 11.3 Å². The molecule has 0 aliphatic rings. The molecule has 0 rings (SSSR count). The topological polar surface area (TPSA) is 26.3 Å². The number of alkyl halides is 1. The van der Waals surface area contributed by atoms with Crippen molar-refractivity contribution in [3.05, 3.63) is 25.0 Å². The van der Waals surface area contributed by atoms with Crippen molar-refractivity contribution in [3.8, 4) is 0 Å². The maximum Gasteiger partial charge on any atom is 0.334 e. The van der Waals surface area contributed by atoms with Crippen molar-refractivity contribution in [1.29, 1.82) is 0 Å². The standard InChI is InChI=1S/C6H7ClO2/c1-2-6(8)9-5-3-4-7/h2-3,5H,1,4H2/b5-3+. The summed E-state index contributed by atoms with van der Waals surface area (Å²) < 4.78 is 4.41. The van der Waals surface area contributed by atoms with Gasteiger partial charge in [-0.25, -0.2) is 4.79 Å². The van der Waals surface area contributed by atoms with Crippen molar-refractivity contribution < 1.29 is 9.53 Å². The molecule has 0 N–H and O–H groups in total. The highest BCUT2D eigenvalue weighted by molar-refractivity contribution is 6.18. The van der Waals surface area contributed by atoms with E-state index >= 15 is 0 Å². The molecule has 0 aliphatic carbocycles. The lowest BCUT2D eigenvalue weighted by molar-refractivity contribution is -0.132. The highest BCUT2D eigenvalue weighted by atomic mass is 35.5. The molecule has 0 spiro atoms. The molecule has 50 valence electrons. The highest BCUT2D eigenvalue weighted by Gasteiger charge is 1.86. The number of hydrogen-bond acceptors (Lipinski definition) is 2. The van der Waals surface area contributed by atoms with Crippen LogP contribution >= 0.6 is 11.6 Å². The van der Waals surface area contributed by atoms with Crippen LogP contribution in [0.25, 0.3) is 0 Å². The number of halogens is 1. The van der Waals surface area contributed by atoms with E-state index < -0.39 is 5.97 Å². The normalized spacial score (nSPS) is 9.44. The molecule has 0 amide bonds. The van der Waals surface area contributed by atoms with Gasteiger partial charge in [0.2, 0.25) is 0 Å². The van der Waals surface area contributed by atoms with Crippen molar-refractivity contribution in [2.45, 2.75) is 0 Å². The maximum atomic E-state index is 10.3. The van der Waals surface area contributed by atoms with Gasteiger partial charge in [-0.1, -0.05) is 6.58 Å². The summed E-state index contributed by atoms with van der Waals surface area (Å²) in [5.41, 5.74) is 0. The number of hydrogen-bond donors (Lipinski definition) is 0. The number of ether oxygens (including phenoxy) is 1. The minimum atomic E-state index is -0.476. The van der Waals surface area contributed by atoms with E-state index in [-0.39, 0.29) is 0 Å². The van der Waals surface area contributed by atoms with Crippen LogP contribution in [0.1, 0.15) is 0 Å². The molecule has 0 bridgehead atoms. The van der Waals surface area contributed by atoms with Crippen LogP contribution in [0.3, 0.4) is 0 Å². The van der Waals surface area contributed by atoms with E-state index in [1.165, 1.54) is 12.3 Å². The first kappa shape index (κ1) is 8.24. The third kappa shape index (κ3) is 5.11. The molecule has 0 saturated heterocycles. The Morgan fingerprint density at radius 3 is 2.89 bits per heavy atom. The summed E-state index contributed by atoms with van der Waals surface area (Å²) in [6, 6.07) is 0. The predicted molar refractivity (Wildman–Crippen MR) is 36.1 cm³/mol. The van der Waals surface area contributed by atoms with Gasteiger partial charge in [0.1, 0.15) is 0 Å². The van der Waals surface area contributed by atoms with Gasteiger partial charge in [-0.15, -0.1) is 11.6 Å². The van der Waals surface area contributed by atoms with Crippen molar-refractivity contribution in [2.75, 3.05) is 5.88 Å². The fourth-order valence-electron chi connectivity index (χ4n) is 0.200. The summed E-state index contributed by atoms with van der Waals surface area (Å²) >= 11 is 5.22. The van der Waals surface area contributed by atoms with E-state index in [4.69, 9.17) is 11.6 Å². The molecule has 0 unspecified atom stereocenters. The molecule has 0 radical (unpaired) electrons. The zero-order chi connectivity index (χ0) is 7.11. The second kappa shape index (κ2) is 5.38. The van der Waals surface area contributed by atoms with Gasteiger partial charge in [-0.3, -0.25) is 0 Å². The van der Waals surface area contributed by atoms with Crippen molar-refractivity contribution in [1.82, 2.24) is 0 Å². The van der Waals surface area contributed by atoms with Gasteiger partial charge in [-0.2, -0.15) is 0 Å². The zero-order valence-electron chi connectivity index (χ0n) is 4.84. The maximum absolute atomic E-state index is 10.3. The molecule has 2 nitrogen and oxygen atoms in total. The molecule has 0 aromatic carbocycles. The van der Waals surface area contributed by atoms with Gasteiger partial charge in [-0.05, 0) is 6.08 Å². The fourth-order valence-corrected chi connectivity index (χ4v) is 0.272. The largest absolute Gasteiger partial charge is 0.432 e. The van der Waals surface area contributed by atoms with E-state index in [1.54, 1.807) is 0 Å². The van der Waals surface area contributed by atoms with Gasteiger partial charge in [0.15, 0.2) is 0 Å². The summed E-state index contributed by atoms with van der Waals surface area (Å²) in [6.45, 7) is 3.20. The van der Waals surface area contributed by atoms with Crippen molar-refractivity contribution in [3.63, 3.8) is 0 Å². The Kier molecular flexibility index (Phi) is 4.92. The predicted octanol–water partition coefficient (Wildman–Crippen LogP) is 1.47. The number of carbonyl (C=O) groups excluding carboxylic acids is 1. The van der Waals surface area contributed by atoms with E-state index in [0.29, 0.717) is 5.88 Å². The summed E-state index contributed by atoms with van der Waals surface area (Å²) in [5.74, 6) is -0.138. The Morgan fingerprint density at radius 2 is 2.44 bits per heavy atom. The van der Waals surface area contributed by atoms with Gasteiger partial charge in [0, 0.05) is 12.0 Å². The lowest BCUT2D eigenvalue weighted by atomic mass is 10.6. The average Bonchev–Trinajstić information content (AvgIpc) is 1.89. The van der Waals surface area contributed by atoms with Crippen LogP contribution in [0.15, 0.2) is 25.0 Å². The molecule has 3 heteroatoms. The first-order valence-electron chi connectivity index (χ1n) is 2.35. The third-order valence-corrected chi connectivity index (χ3v) is 0.714. The molecule has 0 atom stereocenters. The molecule has 0 aliphatic heterocycles. The molecule has 9 heavy (non-hydrogen) atoms. The first-order chi connectivity index (χ1) is 4.31. The van der Waals surface area contributed by atoms with Crippen LogP contribution in [0, 0.1) is 0 Å². The number of allylic oxidation sites excluding steroid dienone is 1. The Balaban J connectivity index is 3.37. The molecular formula is C6H7ClO2. The molecule has 0 saturated carbocycles. The Bertz CT molecular complexity index is 129. The number of rotatable bonds is 3. The molecular weight excluding hydrogens is 140 g/mol. The van der Waals surface area contributed by atoms with Crippen LogP contribution in [0.4, 0.5) is 0 Å². The third-order valence-electron chi connectivity index (χ3n) is 0.536. The number of carbonyl (C=O) groups is 1. The van der Waals surface area contributed by atoms with Gasteiger partial charge < -0.3 is 4.74 Å². The minimum absolute atomic E-state index is 0.338. The van der Waals surface area contributed by atoms with Crippen LogP contribution < -0.4 is 0 Å². The van der Waals surface area contributed by atoms with Gasteiger partial charge in [0.05, 0.1) is 6.26 Å². The van der Waals surface area contributed by atoms with Crippen molar-refractivity contribution >= 4 is 17.6 Å².